The van der Waals surface area contributed by atoms with E-state index in [1.807, 2.05) is 36.1 Å². The summed E-state index contributed by atoms with van der Waals surface area (Å²) in [5.41, 5.74) is 1.10. The van der Waals surface area contributed by atoms with E-state index in [-0.39, 0.29) is 24.5 Å². The second kappa shape index (κ2) is 9.30. The lowest BCUT2D eigenvalue weighted by molar-refractivity contribution is -0.132. The predicted octanol–water partition coefficient (Wildman–Crippen LogP) is 2.54. The van der Waals surface area contributed by atoms with E-state index in [1.165, 1.54) is 0 Å². The Balaban J connectivity index is 1.73. The Bertz CT molecular complexity index is 551. The van der Waals surface area contributed by atoms with E-state index in [0.717, 1.165) is 50.1 Å². The number of rotatable bonds is 7. The molecule has 0 saturated carbocycles. The number of ether oxygens (including phenoxy) is 1. The lowest BCUT2D eigenvalue weighted by atomic mass is 10.0. The predicted molar refractivity (Wildman–Crippen MR) is 94.0 cm³/mol. The van der Waals surface area contributed by atoms with Gasteiger partial charge in [-0.1, -0.05) is 32.0 Å². The van der Waals surface area contributed by atoms with Gasteiger partial charge in [0.2, 0.25) is 5.91 Å². The quantitative estimate of drug-likeness (QED) is 0.835. The smallest absolute Gasteiger partial charge is 0.258 e. The molecule has 1 aromatic carbocycles. The molecule has 1 N–H and O–H groups in total. The monoisotopic (exact) mass is 332 g/mol. The zero-order valence-electron chi connectivity index (χ0n) is 14.7. The number of benzene rings is 1. The maximum absolute atomic E-state index is 12.1. The van der Waals surface area contributed by atoms with Crippen LogP contribution in [0, 0.1) is 0 Å². The van der Waals surface area contributed by atoms with Gasteiger partial charge >= 0.3 is 0 Å². The molecule has 1 heterocycles. The van der Waals surface area contributed by atoms with Crippen molar-refractivity contribution in [2.24, 2.45) is 0 Å². The van der Waals surface area contributed by atoms with Crippen LogP contribution in [0.2, 0.25) is 0 Å². The second-order valence-electron chi connectivity index (χ2n) is 6.22. The number of hydrogen-bond donors (Lipinski definition) is 1. The summed E-state index contributed by atoms with van der Waals surface area (Å²) in [6.45, 7) is 5.57. The maximum atomic E-state index is 12.1. The normalized spacial score (nSPS) is 15.2. The number of piperidine rings is 1. The van der Waals surface area contributed by atoms with E-state index in [9.17, 15) is 9.59 Å². The van der Waals surface area contributed by atoms with Crippen LogP contribution in [-0.4, -0.2) is 42.5 Å². The number of carbonyl (C=O) groups excluding carboxylic acids is 2. The Morgan fingerprint density at radius 2 is 1.92 bits per heavy atom. The van der Waals surface area contributed by atoms with Gasteiger partial charge in [-0.15, -0.1) is 0 Å². The molecule has 0 aromatic heterocycles. The average molecular weight is 332 g/mol. The largest absolute Gasteiger partial charge is 0.483 e. The van der Waals surface area contributed by atoms with E-state index in [4.69, 9.17) is 4.74 Å². The van der Waals surface area contributed by atoms with E-state index < -0.39 is 0 Å². The summed E-state index contributed by atoms with van der Waals surface area (Å²) in [5.74, 6) is 0.899. The van der Waals surface area contributed by atoms with Crippen molar-refractivity contribution in [3.63, 3.8) is 0 Å². The number of nitrogens with one attached hydrogen (secondary N) is 1. The first-order chi connectivity index (χ1) is 11.6. The van der Waals surface area contributed by atoms with Crippen LogP contribution < -0.4 is 10.1 Å². The minimum atomic E-state index is -0.0979. The number of amides is 2. The molecule has 0 unspecified atom stereocenters. The molecule has 0 bridgehead atoms. The van der Waals surface area contributed by atoms with Crippen molar-refractivity contribution in [3.8, 4) is 5.75 Å². The van der Waals surface area contributed by atoms with Crippen LogP contribution in [0.3, 0.4) is 0 Å². The SMILES string of the molecule is CCCC(=O)N1CCC(NC(=O)COc2ccccc2CC)CC1. The van der Waals surface area contributed by atoms with Crippen molar-refractivity contribution in [1.29, 1.82) is 0 Å². The van der Waals surface area contributed by atoms with Gasteiger partial charge in [-0.2, -0.15) is 0 Å². The lowest BCUT2D eigenvalue weighted by Gasteiger charge is -2.32. The van der Waals surface area contributed by atoms with Crippen LogP contribution in [0.5, 0.6) is 5.75 Å². The molecule has 1 aromatic rings. The highest BCUT2D eigenvalue weighted by Gasteiger charge is 2.23. The summed E-state index contributed by atoms with van der Waals surface area (Å²) in [4.78, 5) is 25.9. The summed E-state index contributed by atoms with van der Waals surface area (Å²) < 4.78 is 5.65. The molecule has 1 aliphatic heterocycles. The Morgan fingerprint density at radius 3 is 2.58 bits per heavy atom. The molecule has 0 radical (unpaired) electrons. The van der Waals surface area contributed by atoms with Crippen LogP contribution >= 0.6 is 0 Å². The highest BCUT2D eigenvalue weighted by atomic mass is 16.5. The highest BCUT2D eigenvalue weighted by molar-refractivity contribution is 5.78. The summed E-state index contributed by atoms with van der Waals surface area (Å²) in [7, 11) is 0. The van der Waals surface area contributed by atoms with Gasteiger partial charge in [0.25, 0.3) is 5.91 Å². The topological polar surface area (TPSA) is 58.6 Å². The lowest BCUT2D eigenvalue weighted by Crippen LogP contribution is -2.47. The molecule has 1 saturated heterocycles. The van der Waals surface area contributed by atoms with Crippen molar-refractivity contribution < 1.29 is 14.3 Å². The van der Waals surface area contributed by atoms with Gasteiger partial charge in [-0.3, -0.25) is 9.59 Å². The third-order valence-corrected chi connectivity index (χ3v) is 4.39. The van der Waals surface area contributed by atoms with Gasteiger partial charge in [-0.25, -0.2) is 0 Å². The van der Waals surface area contributed by atoms with Gasteiger partial charge in [0.1, 0.15) is 5.75 Å². The zero-order chi connectivity index (χ0) is 17.4. The molecular formula is C19H28N2O3. The third kappa shape index (κ3) is 5.25. The minimum absolute atomic E-state index is 0.0337. The number of likely N-dealkylation sites (tertiary alicyclic amines) is 1. The molecule has 0 spiro atoms. The number of carbonyl (C=O) groups is 2. The molecule has 0 aliphatic carbocycles. The van der Waals surface area contributed by atoms with Gasteiger partial charge in [0.15, 0.2) is 6.61 Å². The van der Waals surface area contributed by atoms with Crippen molar-refractivity contribution in [2.75, 3.05) is 19.7 Å². The van der Waals surface area contributed by atoms with Crippen molar-refractivity contribution in [1.82, 2.24) is 10.2 Å². The van der Waals surface area contributed by atoms with E-state index >= 15 is 0 Å². The van der Waals surface area contributed by atoms with Gasteiger partial charge < -0.3 is 15.0 Å². The molecule has 0 atom stereocenters. The van der Waals surface area contributed by atoms with E-state index in [0.29, 0.717) is 6.42 Å². The van der Waals surface area contributed by atoms with Gasteiger partial charge in [0.05, 0.1) is 0 Å². The Morgan fingerprint density at radius 1 is 1.21 bits per heavy atom. The number of aryl methyl sites for hydroxylation is 1. The summed E-state index contributed by atoms with van der Waals surface area (Å²) in [6.07, 6.45) is 4.00. The number of nitrogens with zero attached hydrogens (tertiary/aromatic N) is 1. The van der Waals surface area contributed by atoms with Crippen LogP contribution in [0.4, 0.5) is 0 Å². The molecule has 2 rings (SSSR count). The molecule has 1 fully saturated rings. The standard InChI is InChI=1S/C19H28N2O3/c1-3-7-19(23)21-12-10-16(11-13-21)20-18(22)14-24-17-9-6-5-8-15(17)4-2/h5-6,8-9,16H,3-4,7,10-14H2,1-2H3,(H,20,22). The fraction of sp³-hybridized carbons (Fsp3) is 0.579. The maximum Gasteiger partial charge on any atom is 0.258 e. The fourth-order valence-corrected chi connectivity index (χ4v) is 2.99. The van der Waals surface area contributed by atoms with Crippen molar-refractivity contribution in [2.45, 2.75) is 52.0 Å². The fourth-order valence-electron chi connectivity index (χ4n) is 2.99. The van der Waals surface area contributed by atoms with Crippen molar-refractivity contribution >= 4 is 11.8 Å². The molecule has 1 aliphatic rings. The molecule has 24 heavy (non-hydrogen) atoms. The summed E-state index contributed by atoms with van der Waals surface area (Å²) in [6, 6.07) is 7.92. The minimum Gasteiger partial charge on any atom is -0.483 e. The highest BCUT2D eigenvalue weighted by Crippen LogP contribution is 2.18. The molecule has 132 valence electrons. The van der Waals surface area contributed by atoms with Gasteiger partial charge in [0, 0.05) is 25.6 Å². The number of para-hydroxylation sites is 1. The summed E-state index contributed by atoms with van der Waals surface area (Å²) in [5, 5.41) is 3.02. The zero-order valence-corrected chi connectivity index (χ0v) is 14.7. The van der Waals surface area contributed by atoms with Crippen LogP contribution in [0.25, 0.3) is 0 Å². The Labute approximate surface area is 144 Å². The molecule has 2 amide bonds. The Kier molecular flexibility index (Phi) is 7.09. The first-order valence-corrected chi connectivity index (χ1v) is 8.91. The van der Waals surface area contributed by atoms with Crippen LogP contribution in [0.1, 0.15) is 45.1 Å². The summed E-state index contributed by atoms with van der Waals surface area (Å²) >= 11 is 0. The number of hydrogen-bond acceptors (Lipinski definition) is 3. The Hall–Kier alpha value is -2.04. The molecule has 5 nitrogen and oxygen atoms in total. The molecular weight excluding hydrogens is 304 g/mol. The molecule has 5 heteroatoms. The van der Waals surface area contributed by atoms with Gasteiger partial charge in [-0.05, 0) is 37.3 Å². The van der Waals surface area contributed by atoms with E-state index in [1.54, 1.807) is 0 Å². The average Bonchev–Trinajstić information content (AvgIpc) is 2.61. The first-order valence-electron chi connectivity index (χ1n) is 8.91. The van der Waals surface area contributed by atoms with E-state index in [2.05, 4.69) is 12.2 Å². The van der Waals surface area contributed by atoms with Crippen LogP contribution in [0.15, 0.2) is 24.3 Å². The van der Waals surface area contributed by atoms with Crippen molar-refractivity contribution in [3.05, 3.63) is 29.8 Å². The first kappa shape index (κ1) is 18.3. The second-order valence-corrected chi connectivity index (χ2v) is 6.22. The van der Waals surface area contributed by atoms with Crippen LogP contribution in [-0.2, 0) is 16.0 Å². The third-order valence-electron chi connectivity index (χ3n) is 4.39.